The van der Waals surface area contributed by atoms with Gasteiger partial charge in [-0.2, -0.15) is 11.8 Å². The molecule has 24 heavy (non-hydrogen) atoms. The highest BCUT2D eigenvalue weighted by atomic mass is 32.2. The molecule has 1 aliphatic heterocycles. The Morgan fingerprint density at radius 1 is 1.29 bits per heavy atom. The maximum Gasteiger partial charge on any atom is 0.251 e. The number of H-pyrrole nitrogens is 1. The Morgan fingerprint density at radius 2 is 2.12 bits per heavy atom. The second kappa shape index (κ2) is 8.17. The van der Waals surface area contributed by atoms with Gasteiger partial charge in [-0.3, -0.25) is 14.5 Å². The summed E-state index contributed by atoms with van der Waals surface area (Å²) in [6.07, 6.45) is 1.50. The number of nitrogens with zero attached hydrogens (tertiary/aromatic N) is 1. The number of amides is 1. The summed E-state index contributed by atoms with van der Waals surface area (Å²) in [5.41, 5.74) is 1.42. The number of aromatic nitrogens is 1. The standard InChI is InChI=1S/C18H21N3O2S/c22-17-10-15(6-7-19-17)18(23)20-11-16-13-24-9-8-21(16)12-14-4-2-1-3-5-14/h1-7,10,16H,8-9,11-13H2,(H,19,22)(H,20,23)/t16-/m0/s1. The van der Waals surface area contributed by atoms with Crippen LogP contribution in [0.15, 0.2) is 53.5 Å². The van der Waals surface area contributed by atoms with Crippen LogP contribution in [-0.2, 0) is 6.54 Å². The molecule has 1 saturated heterocycles. The minimum absolute atomic E-state index is 0.198. The van der Waals surface area contributed by atoms with Gasteiger partial charge >= 0.3 is 0 Å². The van der Waals surface area contributed by atoms with Crippen LogP contribution >= 0.6 is 11.8 Å². The van der Waals surface area contributed by atoms with E-state index < -0.39 is 0 Å². The average molecular weight is 343 g/mol. The monoisotopic (exact) mass is 343 g/mol. The molecule has 5 nitrogen and oxygen atoms in total. The number of pyridine rings is 1. The van der Waals surface area contributed by atoms with Crippen LogP contribution < -0.4 is 10.9 Å². The van der Waals surface area contributed by atoms with Gasteiger partial charge in [-0.1, -0.05) is 30.3 Å². The normalized spacial score (nSPS) is 18.2. The number of nitrogens with one attached hydrogen (secondary N) is 2. The molecule has 6 heteroatoms. The summed E-state index contributed by atoms with van der Waals surface area (Å²) in [6, 6.07) is 13.6. The highest BCUT2D eigenvalue weighted by Crippen LogP contribution is 2.18. The van der Waals surface area contributed by atoms with Gasteiger partial charge in [0.2, 0.25) is 5.56 Å². The number of benzene rings is 1. The highest BCUT2D eigenvalue weighted by molar-refractivity contribution is 7.99. The van der Waals surface area contributed by atoms with Crippen molar-refractivity contribution >= 4 is 17.7 Å². The Hall–Kier alpha value is -2.05. The SMILES string of the molecule is O=C(NC[C@H]1CSCCN1Cc1ccccc1)c1cc[nH]c(=O)c1. The first-order valence-corrected chi connectivity index (χ1v) is 9.20. The molecule has 1 fully saturated rings. The van der Waals surface area contributed by atoms with Gasteiger partial charge in [0.05, 0.1) is 0 Å². The average Bonchev–Trinajstić information content (AvgIpc) is 2.61. The molecule has 0 unspecified atom stereocenters. The minimum atomic E-state index is -0.262. The topological polar surface area (TPSA) is 65.2 Å². The van der Waals surface area contributed by atoms with E-state index in [0.717, 1.165) is 24.6 Å². The molecular formula is C18H21N3O2S. The number of aromatic amines is 1. The van der Waals surface area contributed by atoms with Crippen molar-refractivity contribution in [2.24, 2.45) is 0 Å². The Morgan fingerprint density at radius 3 is 2.92 bits per heavy atom. The summed E-state index contributed by atoms with van der Waals surface area (Å²) >= 11 is 1.92. The number of carbonyl (C=O) groups is 1. The molecular weight excluding hydrogens is 322 g/mol. The van der Waals surface area contributed by atoms with E-state index in [9.17, 15) is 9.59 Å². The second-order valence-electron chi connectivity index (χ2n) is 5.84. The molecule has 1 atom stereocenters. The molecule has 0 saturated carbocycles. The van der Waals surface area contributed by atoms with E-state index in [4.69, 9.17) is 0 Å². The molecule has 0 radical (unpaired) electrons. The third-order valence-electron chi connectivity index (χ3n) is 4.11. The van der Waals surface area contributed by atoms with Crippen molar-refractivity contribution in [3.63, 3.8) is 0 Å². The minimum Gasteiger partial charge on any atom is -0.350 e. The fraction of sp³-hybridized carbons (Fsp3) is 0.333. The van der Waals surface area contributed by atoms with Gasteiger partial charge in [-0.05, 0) is 11.6 Å². The molecule has 1 amide bonds. The molecule has 2 N–H and O–H groups in total. The number of rotatable bonds is 5. The van der Waals surface area contributed by atoms with Gasteiger partial charge in [-0.15, -0.1) is 0 Å². The molecule has 2 aromatic rings. The van der Waals surface area contributed by atoms with Crippen LogP contribution in [-0.4, -0.2) is 46.4 Å². The quantitative estimate of drug-likeness (QED) is 0.868. The van der Waals surface area contributed by atoms with E-state index in [1.54, 1.807) is 6.07 Å². The molecule has 0 aliphatic carbocycles. The van der Waals surface area contributed by atoms with E-state index in [1.165, 1.54) is 17.8 Å². The van der Waals surface area contributed by atoms with Crippen LogP contribution in [0.5, 0.6) is 0 Å². The van der Waals surface area contributed by atoms with Crippen LogP contribution in [0.3, 0.4) is 0 Å². The lowest BCUT2D eigenvalue weighted by Crippen LogP contribution is -2.48. The molecule has 1 aromatic heterocycles. The third-order valence-corrected chi connectivity index (χ3v) is 5.21. The van der Waals surface area contributed by atoms with Crippen molar-refractivity contribution in [1.29, 1.82) is 0 Å². The fourth-order valence-corrected chi connectivity index (χ4v) is 3.93. The summed E-state index contributed by atoms with van der Waals surface area (Å²) in [7, 11) is 0. The second-order valence-corrected chi connectivity index (χ2v) is 6.99. The van der Waals surface area contributed by atoms with Crippen LogP contribution in [0.25, 0.3) is 0 Å². The lowest BCUT2D eigenvalue weighted by molar-refractivity contribution is 0.0935. The lowest BCUT2D eigenvalue weighted by Gasteiger charge is -2.35. The van der Waals surface area contributed by atoms with Gasteiger partial charge in [0.25, 0.3) is 5.91 Å². The zero-order valence-electron chi connectivity index (χ0n) is 13.4. The lowest BCUT2D eigenvalue weighted by atomic mass is 10.1. The number of thioether (sulfide) groups is 1. The fourth-order valence-electron chi connectivity index (χ4n) is 2.80. The van der Waals surface area contributed by atoms with Crippen LogP contribution in [0.1, 0.15) is 15.9 Å². The summed E-state index contributed by atoms with van der Waals surface area (Å²) in [4.78, 5) is 28.5. The van der Waals surface area contributed by atoms with E-state index in [2.05, 4.69) is 39.5 Å². The van der Waals surface area contributed by atoms with Gasteiger partial charge in [0, 0.05) is 55.0 Å². The van der Waals surface area contributed by atoms with E-state index in [0.29, 0.717) is 18.2 Å². The van der Waals surface area contributed by atoms with Gasteiger partial charge in [-0.25, -0.2) is 0 Å². The molecule has 2 heterocycles. The van der Waals surface area contributed by atoms with Crippen molar-refractivity contribution in [2.45, 2.75) is 12.6 Å². The first-order chi connectivity index (χ1) is 11.7. The maximum absolute atomic E-state index is 12.2. The highest BCUT2D eigenvalue weighted by Gasteiger charge is 2.23. The van der Waals surface area contributed by atoms with Crippen LogP contribution in [0.2, 0.25) is 0 Å². The summed E-state index contributed by atoms with van der Waals surface area (Å²) in [5, 5.41) is 2.96. The number of hydrogen-bond acceptors (Lipinski definition) is 4. The number of hydrogen-bond donors (Lipinski definition) is 2. The summed E-state index contributed by atoms with van der Waals surface area (Å²) < 4.78 is 0. The third kappa shape index (κ3) is 4.49. The predicted molar refractivity (Wildman–Crippen MR) is 97.4 cm³/mol. The van der Waals surface area contributed by atoms with Crippen molar-refractivity contribution in [2.75, 3.05) is 24.6 Å². The first kappa shape index (κ1) is 16.8. The maximum atomic E-state index is 12.2. The smallest absolute Gasteiger partial charge is 0.251 e. The zero-order chi connectivity index (χ0) is 16.8. The van der Waals surface area contributed by atoms with Crippen molar-refractivity contribution in [1.82, 2.24) is 15.2 Å². The van der Waals surface area contributed by atoms with Crippen molar-refractivity contribution < 1.29 is 4.79 Å². The molecule has 0 bridgehead atoms. The summed E-state index contributed by atoms with van der Waals surface area (Å²) in [6.45, 7) is 2.50. The zero-order valence-corrected chi connectivity index (χ0v) is 14.2. The predicted octanol–water partition coefficient (Wildman–Crippen LogP) is 1.72. The van der Waals surface area contributed by atoms with Gasteiger partial charge in [0.15, 0.2) is 0 Å². The van der Waals surface area contributed by atoms with Crippen molar-refractivity contribution in [3.8, 4) is 0 Å². The molecule has 126 valence electrons. The van der Waals surface area contributed by atoms with E-state index in [-0.39, 0.29) is 11.5 Å². The van der Waals surface area contributed by atoms with Crippen LogP contribution in [0, 0.1) is 0 Å². The Kier molecular flexibility index (Phi) is 5.72. The Labute approximate surface area is 145 Å². The van der Waals surface area contributed by atoms with E-state index in [1.807, 2.05) is 17.8 Å². The van der Waals surface area contributed by atoms with E-state index >= 15 is 0 Å². The molecule has 1 aliphatic rings. The van der Waals surface area contributed by atoms with Gasteiger partial charge < -0.3 is 10.3 Å². The summed E-state index contributed by atoms with van der Waals surface area (Å²) in [5.74, 6) is 1.92. The Bertz CT molecular complexity index is 732. The number of carbonyl (C=O) groups excluding carboxylic acids is 1. The van der Waals surface area contributed by atoms with Crippen LogP contribution in [0.4, 0.5) is 0 Å². The molecule has 1 aromatic carbocycles. The largest absolute Gasteiger partial charge is 0.350 e. The molecule has 3 rings (SSSR count). The van der Waals surface area contributed by atoms with Gasteiger partial charge in [0.1, 0.15) is 0 Å². The first-order valence-electron chi connectivity index (χ1n) is 8.05. The molecule has 0 spiro atoms. The Balaban J connectivity index is 1.59. The van der Waals surface area contributed by atoms with Crippen molar-refractivity contribution in [3.05, 3.63) is 70.1 Å².